The number of carboxylic acid groups (broad SMARTS) is 1. The van der Waals surface area contributed by atoms with E-state index in [1.54, 1.807) is 11.9 Å². The summed E-state index contributed by atoms with van der Waals surface area (Å²) >= 11 is 0. The van der Waals surface area contributed by atoms with Crippen molar-refractivity contribution < 1.29 is 39.6 Å². The van der Waals surface area contributed by atoms with Gasteiger partial charge in [-0.1, -0.05) is 6.92 Å². The molecule has 0 spiro atoms. The van der Waals surface area contributed by atoms with E-state index in [2.05, 4.69) is 10.6 Å². The van der Waals surface area contributed by atoms with Gasteiger partial charge in [-0.05, 0) is 37.7 Å². The first-order valence-corrected chi connectivity index (χ1v) is 11.2. The second-order valence-corrected chi connectivity index (χ2v) is 8.91. The van der Waals surface area contributed by atoms with E-state index in [4.69, 9.17) is 0 Å². The van der Waals surface area contributed by atoms with Crippen molar-refractivity contribution in [3.05, 3.63) is 35.0 Å². The molecule has 12 heteroatoms. The normalized spacial score (nSPS) is 22.0. The van der Waals surface area contributed by atoms with E-state index in [0.717, 1.165) is 6.07 Å². The summed E-state index contributed by atoms with van der Waals surface area (Å²) in [7, 11) is 1.65. The van der Waals surface area contributed by atoms with Crippen molar-refractivity contribution in [1.82, 2.24) is 20.4 Å². The Hall–Kier alpha value is -3.64. The number of nitrogens with zero attached hydrogens (tertiary/aromatic N) is 2. The van der Waals surface area contributed by atoms with Gasteiger partial charge in [0.25, 0.3) is 5.91 Å². The third kappa shape index (κ3) is 5.23. The van der Waals surface area contributed by atoms with Crippen LogP contribution in [0.5, 0.6) is 11.5 Å². The molecule has 35 heavy (non-hydrogen) atoms. The summed E-state index contributed by atoms with van der Waals surface area (Å²) in [5.41, 5.74) is 0.596. The van der Waals surface area contributed by atoms with Crippen molar-refractivity contribution in [2.75, 3.05) is 33.2 Å². The number of aromatic hydroxyl groups is 2. The predicted molar refractivity (Wildman–Crippen MR) is 122 cm³/mol. The molecule has 0 unspecified atom stereocenters. The number of fused-ring (bicyclic) bond motifs is 1. The molecule has 1 aromatic carbocycles. The van der Waals surface area contributed by atoms with Crippen LogP contribution in [0.2, 0.25) is 0 Å². The zero-order valence-electron chi connectivity index (χ0n) is 19.7. The lowest BCUT2D eigenvalue weighted by atomic mass is 9.77. The molecule has 190 valence electrons. The van der Waals surface area contributed by atoms with Crippen LogP contribution < -0.4 is 10.6 Å². The fraction of sp³-hybridized carbons (Fsp3) is 0.478. The fourth-order valence-electron chi connectivity index (χ4n) is 4.65. The maximum atomic E-state index is 12.4. The number of likely N-dealkylation sites (N-methyl/N-ethyl adjacent to an activating group) is 1. The van der Waals surface area contributed by atoms with Crippen molar-refractivity contribution in [3.8, 4) is 11.5 Å². The number of benzene rings is 1. The molecule has 2 aliphatic rings. The third-order valence-electron chi connectivity index (χ3n) is 6.34. The minimum atomic E-state index is -1.22. The van der Waals surface area contributed by atoms with Gasteiger partial charge in [-0.15, -0.1) is 0 Å². The van der Waals surface area contributed by atoms with E-state index in [-0.39, 0.29) is 55.0 Å². The molecular formula is C23H30N4O8. The Bertz CT molecular complexity index is 1070. The first kappa shape index (κ1) is 26.0. The molecule has 2 aliphatic heterocycles. The summed E-state index contributed by atoms with van der Waals surface area (Å²) in [6.07, 6.45) is -0.885. The Labute approximate surface area is 201 Å². The number of hydrogen-bond donors (Lipinski definition) is 6. The standard InChI is InChI=1S/C23H30N4O8/c1-11-14(20(23(34)35)27-19(11)18(12(2)28)22(27)33)9-26(3)10-17(31)24-6-7-25-21(32)13-4-5-15(29)16(30)8-13/h4-5,8,11-12,18-19,28-30H,6-7,9-10H2,1-3H3,(H,24,31)(H,25,32)(H,34,35)/t11-,12+,18+,19+/m0/s1. The molecule has 1 aromatic rings. The number of carbonyl (C=O) groups excluding carboxylic acids is 3. The van der Waals surface area contributed by atoms with Crippen LogP contribution in [0.25, 0.3) is 0 Å². The Balaban J connectivity index is 1.49. The van der Waals surface area contributed by atoms with Crippen LogP contribution in [0.1, 0.15) is 24.2 Å². The number of rotatable bonds is 10. The van der Waals surface area contributed by atoms with E-state index in [9.17, 15) is 39.6 Å². The Morgan fingerprint density at radius 3 is 2.40 bits per heavy atom. The monoisotopic (exact) mass is 490 g/mol. The lowest BCUT2D eigenvalue weighted by Gasteiger charge is -2.46. The van der Waals surface area contributed by atoms with Gasteiger partial charge in [0.2, 0.25) is 11.8 Å². The number of aliphatic hydroxyl groups excluding tert-OH is 1. The summed E-state index contributed by atoms with van der Waals surface area (Å²) in [5.74, 6) is -4.13. The van der Waals surface area contributed by atoms with Crippen LogP contribution in [0.3, 0.4) is 0 Å². The molecule has 0 bridgehead atoms. The van der Waals surface area contributed by atoms with Gasteiger partial charge in [0, 0.05) is 31.1 Å². The van der Waals surface area contributed by atoms with Gasteiger partial charge in [-0.3, -0.25) is 19.3 Å². The second-order valence-electron chi connectivity index (χ2n) is 8.91. The summed E-state index contributed by atoms with van der Waals surface area (Å²) in [4.78, 5) is 51.5. The second kappa shape index (κ2) is 10.3. The zero-order valence-corrected chi connectivity index (χ0v) is 19.7. The largest absolute Gasteiger partial charge is 0.504 e. The first-order valence-electron chi connectivity index (χ1n) is 11.2. The van der Waals surface area contributed by atoms with Crippen molar-refractivity contribution in [2.45, 2.75) is 26.0 Å². The van der Waals surface area contributed by atoms with E-state index >= 15 is 0 Å². The van der Waals surface area contributed by atoms with Gasteiger partial charge in [-0.2, -0.15) is 0 Å². The molecule has 0 saturated carbocycles. The smallest absolute Gasteiger partial charge is 0.352 e. The van der Waals surface area contributed by atoms with Crippen LogP contribution in [-0.2, 0) is 14.4 Å². The maximum Gasteiger partial charge on any atom is 0.352 e. The quantitative estimate of drug-likeness (QED) is 0.137. The van der Waals surface area contributed by atoms with Crippen LogP contribution in [-0.4, -0.2) is 99.3 Å². The predicted octanol–water partition coefficient (Wildman–Crippen LogP) is -0.928. The summed E-state index contributed by atoms with van der Waals surface area (Å²) in [5, 5.41) is 43.6. The number of amides is 3. The molecule has 2 heterocycles. The van der Waals surface area contributed by atoms with Crippen LogP contribution >= 0.6 is 0 Å². The van der Waals surface area contributed by atoms with Crippen molar-refractivity contribution in [3.63, 3.8) is 0 Å². The highest BCUT2D eigenvalue weighted by atomic mass is 16.4. The van der Waals surface area contributed by atoms with Gasteiger partial charge < -0.3 is 36.0 Å². The number of phenolic OH excluding ortho intramolecular Hbond substituents is 2. The lowest BCUT2D eigenvalue weighted by molar-refractivity contribution is -0.163. The highest BCUT2D eigenvalue weighted by Gasteiger charge is 2.59. The number of aliphatic carboxylic acids is 1. The molecule has 0 aromatic heterocycles. The van der Waals surface area contributed by atoms with E-state index in [1.165, 1.54) is 24.0 Å². The molecular weight excluding hydrogens is 460 g/mol. The topological polar surface area (TPSA) is 180 Å². The fourth-order valence-corrected chi connectivity index (χ4v) is 4.65. The number of phenols is 2. The molecule has 1 fully saturated rings. The molecule has 12 nitrogen and oxygen atoms in total. The maximum absolute atomic E-state index is 12.4. The average Bonchev–Trinajstić information content (AvgIpc) is 3.01. The molecule has 3 amide bonds. The van der Waals surface area contributed by atoms with Gasteiger partial charge >= 0.3 is 5.97 Å². The number of hydrogen-bond acceptors (Lipinski definition) is 8. The zero-order chi connectivity index (χ0) is 26.0. The highest BCUT2D eigenvalue weighted by Crippen LogP contribution is 2.47. The van der Waals surface area contributed by atoms with Gasteiger partial charge in [-0.25, -0.2) is 4.79 Å². The summed E-state index contributed by atoms with van der Waals surface area (Å²) < 4.78 is 0. The van der Waals surface area contributed by atoms with Crippen LogP contribution in [0, 0.1) is 11.8 Å². The Kier molecular flexibility index (Phi) is 7.66. The minimum absolute atomic E-state index is 0.0403. The van der Waals surface area contributed by atoms with Gasteiger partial charge in [0.05, 0.1) is 24.6 Å². The van der Waals surface area contributed by atoms with Crippen LogP contribution in [0.4, 0.5) is 0 Å². The number of aliphatic hydroxyl groups is 1. The van der Waals surface area contributed by atoms with Crippen molar-refractivity contribution in [1.29, 1.82) is 0 Å². The first-order chi connectivity index (χ1) is 16.4. The number of carbonyl (C=O) groups is 4. The minimum Gasteiger partial charge on any atom is -0.504 e. The summed E-state index contributed by atoms with van der Waals surface area (Å²) in [6, 6.07) is 3.26. The molecule has 4 atom stereocenters. The highest BCUT2D eigenvalue weighted by molar-refractivity contribution is 6.00. The van der Waals surface area contributed by atoms with E-state index in [1.807, 2.05) is 6.92 Å². The van der Waals surface area contributed by atoms with Gasteiger partial charge in [0.1, 0.15) is 5.70 Å². The molecule has 3 rings (SSSR count). The average molecular weight is 491 g/mol. The van der Waals surface area contributed by atoms with Gasteiger partial charge in [0.15, 0.2) is 11.5 Å². The van der Waals surface area contributed by atoms with Crippen molar-refractivity contribution in [2.24, 2.45) is 11.8 Å². The van der Waals surface area contributed by atoms with Crippen molar-refractivity contribution >= 4 is 23.7 Å². The summed E-state index contributed by atoms with van der Waals surface area (Å²) in [6.45, 7) is 3.71. The van der Waals surface area contributed by atoms with Crippen LogP contribution in [0.15, 0.2) is 29.5 Å². The third-order valence-corrected chi connectivity index (χ3v) is 6.34. The Morgan fingerprint density at radius 2 is 1.80 bits per heavy atom. The molecule has 0 radical (unpaired) electrons. The SMILES string of the molecule is C[C@@H](O)[C@H]1C(=O)N2C(C(=O)O)=C(CN(C)CC(=O)NCCNC(=O)c3ccc(O)c(O)c3)[C@H](C)[C@H]12. The van der Waals surface area contributed by atoms with E-state index < -0.39 is 41.6 Å². The molecule has 6 N–H and O–H groups in total. The number of carboxylic acids is 1. The molecule has 0 aliphatic carbocycles. The molecule has 1 saturated heterocycles. The van der Waals surface area contributed by atoms with E-state index in [0.29, 0.717) is 5.57 Å². The number of β-lactam (4-membered cyclic amide) rings is 1. The lowest BCUT2D eigenvalue weighted by Crippen LogP contribution is -2.63. The number of nitrogens with one attached hydrogen (secondary N) is 2. The Morgan fingerprint density at radius 1 is 1.14 bits per heavy atom.